The van der Waals surface area contributed by atoms with Crippen LogP contribution in [-0.4, -0.2) is 19.6 Å². The lowest BCUT2D eigenvalue weighted by atomic mass is 9.51. The fourth-order valence-electron chi connectivity index (χ4n) is 4.12. The summed E-state index contributed by atoms with van der Waals surface area (Å²) in [5, 5.41) is 5.31. The summed E-state index contributed by atoms with van der Waals surface area (Å²) in [6, 6.07) is 4.86. The van der Waals surface area contributed by atoms with Crippen LogP contribution < -0.4 is 21.9 Å². The Balaban J connectivity index is 2.20. The molecule has 0 aromatic heterocycles. The van der Waals surface area contributed by atoms with Gasteiger partial charge in [0.15, 0.2) is 0 Å². The molecule has 2 unspecified atom stereocenters. The van der Waals surface area contributed by atoms with Crippen molar-refractivity contribution in [3.8, 4) is 0 Å². The van der Waals surface area contributed by atoms with Crippen molar-refractivity contribution in [2.24, 2.45) is 11.3 Å². The van der Waals surface area contributed by atoms with Crippen molar-refractivity contribution in [3.05, 3.63) is 23.3 Å². The molecule has 1 saturated heterocycles. The average molecular weight is 274 g/mol. The summed E-state index contributed by atoms with van der Waals surface area (Å²) in [4.78, 5) is 0. The maximum absolute atomic E-state index is 6.23. The van der Waals surface area contributed by atoms with Gasteiger partial charge in [-0.1, -0.05) is 20.8 Å². The van der Waals surface area contributed by atoms with E-state index >= 15 is 0 Å². The van der Waals surface area contributed by atoms with Gasteiger partial charge in [0.2, 0.25) is 0 Å². The van der Waals surface area contributed by atoms with Crippen molar-refractivity contribution in [3.63, 3.8) is 0 Å². The summed E-state index contributed by atoms with van der Waals surface area (Å²) in [6.45, 7) is 8.24. The molecule has 1 aliphatic carbocycles. The third-order valence-corrected chi connectivity index (χ3v) is 5.96. The highest BCUT2D eigenvalue weighted by atomic mass is 15.4. The van der Waals surface area contributed by atoms with Crippen LogP contribution in [0.3, 0.4) is 0 Å². The fourth-order valence-corrected chi connectivity index (χ4v) is 4.12. The Kier molecular flexibility index (Phi) is 2.82. The molecule has 0 radical (unpaired) electrons. The van der Waals surface area contributed by atoms with Gasteiger partial charge in [-0.2, -0.15) is 0 Å². The summed E-state index contributed by atoms with van der Waals surface area (Å²) in [6.07, 6.45) is 2.21. The maximum atomic E-state index is 6.23. The van der Waals surface area contributed by atoms with Crippen LogP contribution in [0, 0.1) is 5.41 Å². The van der Waals surface area contributed by atoms with Crippen molar-refractivity contribution in [2.75, 3.05) is 24.3 Å². The third kappa shape index (κ3) is 1.61. The molecule has 0 amide bonds. The zero-order chi connectivity index (χ0) is 14.7. The number of nitrogens with two attached hydrogens (primary N) is 2. The van der Waals surface area contributed by atoms with E-state index in [1.54, 1.807) is 5.01 Å². The minimum atomic E-state index is 0.177. The molecule has 4 nitrogen and oxygen atoms in total. The Morgan fingerprint density at radius 3 is 2.65 bits per heavy atom. The van der Waals surface area contributed by atoms with Crippen LogP contribution in [0.15, 0.2) is 12.1 Å². The zero-order valence-corrected chi connectivity index (χ0v) is 13.0. The fraction of sp³-hybridized carbons (Fsp3) is 0.625. The highest BCUT2D eigenvalue weighted by Crippen LogP contribution is 2.54. The van der Waals surface area contributed by atoms with Crippen molar-refractivity contribution in [1.82, 2.24) is 5.32 Å². The van der Waals surface area contributed by atoms with Crippen LogP contribution in [0.25, 0.3) is 0 Å². The average Bonchev–Trinajstić information content (AvgIpc) is 2.34. The highest BCUT2D eigenvalue weighted by molar-refractivity contribution is 5.70. The summed E-state index contributed by atoms with van der Waals surface area (Å²) in [7, 11) is 1.84. The molecule has 1 aromatic carbocycles. The molecule has 1 fully saturated rings. The van der Waals surface area contributed by atoms with Crippen LogP contribution in [0.2, 0.25) is 0 Å². The van der Waals surface area contributed by atoms with Gasteiger partial charge < -0.3 is 16.1 Å². The Bertz CT molecular complexity index is 550. The second kappa shape index (κ2) is 4.12. The monoisotopic (exact) mass is 274 g/mol. The van der Waals surface area contributed by atoms with Gasteiger partial charge in [0.05, 0.1) is 11.4 Å². The summed E-state index contributed by atoms with van der Waals surface area (Å²) < 4.78 is 0. The van der Waals surface area contributed by atoms with Crippen LogP contribution in [0.4, 0.5) is 11.4 Å². The van der Waals surface area contributed by atoms with Crippen LogP contribution in [0.1, 0.15) is 38.3 Å². The second-order valence-corrected chi connectivity index (χ2v) is 7.19. The Morgan fingerprint density at radius 1 is 1.30 bits per heavy atom. The van der Waals surface area contributed by atoms with Gasteiger partial charge in [0.1, 0.15) is 0 Å². The number of hydrogen-bond acceptors (Lipinski definition) is 4. The van der Waals surface area contributed by atoms with E-state index in [4.69, 9.17) is 11.6 Å². The lowest BCUT2D eigenvalue weighted by Gasteiger charge is -2.57. The molecule has 2 bridgehead atoms. The largest absolute Gasteiger partial charge is 0.397 e. The Hall–Kier alpha value is -1.26. The number of rotatable bonds is 1. The number of anilines is 2. The van der Waals surface area contributed by atoms with Gasteiger partial charge in [0.25, 0.3) is 0 Å². The number of nitrogen functional groups attached to an aromatic ring is 1. The number of piperidine rings is 1. The molecule has 3 rings (SSSR count). The number of nitrogens with zero attached hydrogens (tertiary/aromatic N) is 1. The normalized spacial score (nSPS) is 30.8. The van der Waals surface area contributed by atoms with Crippen LogP contribution >= 0.6 is 0 Å². The first kappa shape index (κ1) is 13.7. The molecule has 1 aromatic rings. The Morgan fingerprint density at radius 2 is 2.00 bits per heavy atom. The van der Waals surface area contributed by atoms with Gasteiger partial charge >= 0.3 is 0 Å². The van der Waals surface area contributed by atoms with Crippen LogP contribution in [0.5, 0.6) is 0 Å². The molecule has 1 aliphatic heterocycles. The molecular weight excluding hydrogens is 248 g/mol. The number of nitrogens with one attached hydrogen (secondary N) is 1. The predicted molar refractivity (Wildman–Crippen MR) is 84.7 cm³/mol. The smallest absolute Gasteiger partial charge is 0.0746 e. The summed E-state index contributed by atoms with van der Waals surface area (Å²) in [5.41, 5.74) is 11.2. The first-order valence-electron chi connectivity index (χ1n) is 7.42. The van der Waals surface area contributed by atoms with Gasteiger partial charge in [0, 0.05) is 18.5 Å². The molecule has 5 N–H and O–H groups in total. The van der Waals surface area contributed by atoms with Gasteiger partial charge in [-0.15, -0.1) is 0 Å². The molecule has 20 heavy (non-hydrogen) atoms. The molecule has 2 aliphatic rings. The second-order valence-electron chi connectivity index (χ2n) is 7.19. The van der Waals surface area contributed by atoms with Gasteiger partial charge in [-0.25, -0.2) is 5.84 Å². The van der Waals surface area contributed by atoms with Crippen molar-refractivity contribution in [1.29, 1.82) is 0 Å². The molecule has 110 valence electrons. The summed E-state index contributed by atoms with van der Waals surface area (Å²) in [5.74, 6) is 5.89. The lowest BCUT2D eigenvalue weighted by Crippen LogP contribution is -2.62. The summed E-state index contributed by atoms with van der Waals surface area (Å²) >= 11 is 0. The minimum absolute atomic E-state index is 0.177. The van der Waals surface area contributed by atoms with Gasteiger partial charge in [-0.3, -0.25) is 0 Å². The first-order valence-corrected chi connectivity index (χ1v) is 7.42. The maximum Gasteiger partial charge on any atom is 0.0746 e. The van der Waals surface area contributed by atoms with E-state index in [1.165, 1.54) is 11.1 Å². The van der Waals surface area contributed by atoms with E-state index in [0.29, 0.717) is 6.04 Å². The molecule has 1 heterocycles. The van der Waals surface area contributed by atoms with Crippen LogP contribution in [-0.2, 0) is 11.8 Å². The topological polar surface area (TPSA) is 67.3 Å². The van der Waals surface area contributed by atoms with Gasteiger partial charge in [-0.05, 0) is 48.1 Å². The first-order chi connectivity index (χ1) is 9.27. The standard InChI is InChI=1S/C16H26N4/c1-15(2)14-8-10-7-13(20(4)18)12(17)9-11(10)16(15,3)5-6-19-14/h7,9,14,19H,5-6,8,17-18H2,1-4H3. The van der Waals surface area contributed by atoms with Crippen molar-refractivity contribution in [2.45, 2.75) is 45.1 Å². The number of hydrazine groups is 1. The van der Waals surface area contributed by atoms with E-state index in [-0.39, 0.29) is 10.8 Å². The molecular formula is C16H26N4. The third-order valence-electron chi connectivity index (χ3n) is 5.96. The van der Waals surface area contributed by atoms with Crippen molar-refractivity contribution < 1.29 is 0 Å². The zero-order valence-electron chi connectivity index (χ0n) is 13.0. The van der Waals surface area contributed by atoms with E-state index < -0.39 is 0 Å². The number of benzene rings is 1. The van der Waals surface area contributed by atoms with Crippen molar-refractivity contribution >= 4 is 11.4 Å². The Labute approximate surface area is 121 Å². The molecule has 4 heteroatoms. The number of fused-ring (bicyclic) bond motifs is 4. The van der Waals surface area contributed by atoms with E-state index in [1.807, 2.05) is 7.05 Å². The van der Waals surface area contributed by atoms with E-state index in [9.17, 15) is 0 Å². The number of hydrogen-bond donors (Lipinski definition) is 3. The van der Waals surface area contributed by atoms with E-state index in [2.05, 4.69) is 38.2 Å². The molecule has 0 saturated carbocycles. The lowest BCUT2D eigenvalue weighted by molar-refractivity contribution is 0.0560. The molecule has 0 spiro atoms. The van der Waals surface area contributed by atoms with E-state index in [0.717, 1.165) is 30.8 Å². The SMILES string of the molecule is CN(N)c1cc2c(cc1N)C1(C)CCNC(C2)C1(C)C. The predicted octanol–water partition coefficient (Wildman–Crippen LogP) is 1.78. The minimum Gasteiger partial charge on any atom is -0.397 e. The quantitative estimate of drug-likeness (QED) is 0.415. The molecule has 2 atom stereocenters. The highest BCUT2D eigenvalue weighted by Gasteiger charge is 2.53.